The number of carbonyl (C=O) groups excluding carboxylic acids is 2. The van der Waals surface area contributed by atoms with E-state index in [0.29, 0.717) is 13.0 Å². The molecule has 5 rings (SSSR count). The topological polar surface area (TPSA) is 49.9 Å². The number of methoxy groups -OCH3 is 1. The maximum Gasteiger partial charge on any atom is 0.237 e. The number of ether oxygens (including phenoxy) is 1. The Bertz CT molecular complexity index is 1160. The normalized spacial score (nSPS) is 22.3. The molecule has 0 aromatic heterocycles. The van der Waals surface area contributed by atoms with E-state index in [2.05, 4.69) is 17.0 Å². The molecule has 0 bridgehead atoms. The Hall–Kier alpha value is -3.86. The number of hydrogen-bond acceptors (Lipinski definition) is 4. The minimum atomic E-state index is -0.295. The van der Waals surface area contributed by atoms with Gasteiger partial charge in [-0.25, -0.2) is 0 Å². The lowest BCUT2D eigenvalue weighted by atomic mass is 9.75. The standard InChI is InChI=1S/C28H26N2O3/c1-33-24-14-12-22(13-15-24)30-27(26(28(30)32)21-10-6-3-7-11-21)25-18-23(31)16-17-29(25)19-20-8-4-2-5-9-20/h2-17,25-27H,18-19H2,1H3/t25-,26+,27-/m1/s1. The number of amides is 1. The Kier molecular flexibility index (Phi) is 5.69. The first kappa shape index (κ1) is 21.0. The largest absolute Gasteiger partial charge is 0.497 e. The summed E-state index contributed by atoms with van der Waals surface area (Å²) in [5.41, 5.74) is 2.97. The van der Waals surface area contributed by atoms with Crippen molar-refractivity contribution in [3.63, 3.8) is 0 Å². The monoisotopic (exact) mass is 438 g/mol. The molecule has 1 saturated heterocycles. The quantitative estimate of drug-likeness (QED) is 0.530. The van der Waals surface area contributed by atoms with Crippen LogP contribution in [0.4, 0.5) is 5.69 Å². The molecule has 2 aliphatic heterocycles. The highest BCUT2D eigenvalue weighted by molar-refractivity contribution is 6.07. The van der Waals surface area contributed by atoms with Gasteiger partial charge in [-0.15, -0.1) is 0 Å². The fourth-order valence-corrected chi connectivity index (χ4v) is 4.91. The van der Waals surface area contributed by atoms with Gasteiger partial charge in [-0.2, -0.15) is 0 Å². The van der Waals surface area contributed by atoms with Gasteiger partial charge in [-0.3, -0.25) is 9.59 Å². The van der Waals surface area contributed by atoms with E-state index < -0.39 is 0 Å². The summed E-state index contributed by atoms with van der Waals surface area (Å²) >= 11 is 0. The van der Waals surface area contributed by atoms with Crippen LogP contribution in [0.25, 0.3) is 0 Å². The molecule has 33 heavy (non-hydrogen) atoms. The number of benzene rings is 3. The van der Waals surface area contributed by atoms with Crippen LogP contribution in [0.15, 0.2) is 97.2 Å². The van der Waals surface area contributed by atoms with Gasteiger partial charge < -0.3 is 14.5 Å². The van der Waals surface area contributed by atoms with Gasteiger partial charge in [0.2, 0.25) is 5.91 Å². The van der Waals surface area contributed by atoms with Crippen LogP contribution in [0.2, 0.25) is 0 Å². The zero-order valence-corrected chi connectivity index (χ0v) is 18.5. The Morgan fingerprint density at radius 2 is 1.55 bits per heavy atom. The number of β-lactam (4-membered cyclic amide) rings is 1. The van der Waals surface area contributed by atoms with Crippen LogP contribution in [-0.2, 0) is 16.1 Å². The lowest BCUT2D eigenvalue weighted by molar-refractivity contribution is -0.129. The first-order valence-electron chi connectivity index (χ1n) is 11.2. The van der Waals surface area contributed by atoms with Crippen LogP contribution >= 0.6 is 0 Å². The van der Waals surface area contributed by atoms with Gasteiger partial charge in [0.1, 0.15) is 5.75 Å². The van der Waals surface area contributed by atoms with E-state index in [1.807, 2.05) is 83.9 Å². The molecular formula is C28H26N2O3. The number of rotatable bonds is 6. The van der Waals surface area contributed by atoms with Crippen LogP contribution in [0.3, 0.4) is 0 Å². The number of hydrogen-bond donors (Lipinski definition) is 0. The van der Waals surface area contributed by atoms with Gasteiger partial charge in [0.05, 0.1) is 25.1 Å². The summed E-state index contributed by atoms with van der Waals surface area (Å²) in [5.74, 6) is 0.587. The van der Waals surface area contributed by atoms with Gasteiger partial charge >= 0.3 is 0 Å². The van der Waals surface area contributed by atoms with E-state index in [-0.39, 0.29) is 29.7 Å². The van der Waals surface area contributed by atoms with Crippen molar-refractivity contribution in [3.05, 3.63) is 108 Å². The molecule has 2 aliphatic rings. The van der Waals surface area contributed by atoms with E-state index >= 15 is 0 Å². The maximum atomic E-state index is 13.5. The number of nitrogens with zero attached hydrogens (tertiary/aromatic N) is 2. The maximum absolute atomic E-state index is 13.5. The highest BCUT2D eigenvalue weighted by Crippen LogP contribution is 2.44. The summed E-state index contributed by atoms with van der Waals surface area (Å²) in [5, 5.41) is 0. The molecule has 0 radical (unpaired) electrons. The third-order valence-electron chi connectivity index (χ3n) is 6.54. The number of carbonyl (C=O) groups is 2. The van der Waals surface area contributed by atoms with E-state index in [0.717, 1.165) is 17.0 Å². The number of ketones is 1. The summed E-state index contributed by atoms with van der Waals surface area (Å²) in [6.45, 7) is 0.679. The lowest BCUT2D eigenvalue weighted by Gasteiger charge is -2.53. The molecular weight excluding hydrogens is 412 g/mol. The van der Waals surface area contributed by atoms with Crippen molar-refractivity contribution in [1.82, 2.24) is 4.90 Å². The predicted octanol–water partition coefficient (Wildman–Crippen LogP) is 4.55. The first-order valence-corrected chi connectivity index (χ1v) is 11.2. The molecule has 0 N–H and O–H groups in total. The van der Waals surface area contributed by atoms with Gasteiger partial charge in [0.15, 0.2) is 5.78 Å². The molecule has 5 nitrogen and oxygen atoms in total. The van der Waals surface area contributed by atoms with Crippen molar-refractivity contribution < 1.29 is 14.3 Å². The summed E-state index contributed by atoms with van der Waals surface area (Å²) in [6, 6.07) is 27.4. The van der Waals surface area contributed by atoms with E-state index in [9.17, 15) is 9.59 Å². The average molecular weight is 439 g/mol. The molecule has 5 heteroatoms. The van der Waals surface area contributed by atoms with Crippen molar-refractivity contribution in [3.8, 4) is 5.75 Å². The Balaban J connectivity index is 1.53. The third-order valence-corrected chi connectivity index (χ3v) is 6.54. The molecule has 2 heterocycles. The lowest BCUT2D eigenvalue weighted by Crippen LogP contribution is -2.67. The highest BCUT2D eigenvalue weighted by Gasteiger charge is 2.54. The van der Waals surface area contributed by atoms with E-state index in [4.69, 9.17) is 4.74 Å². The molecule has 3 aromatic carbocycles. The first-order chi connectivity index (χ1) is 16.2. The van der Waals surface area contributed by atoms with Gasteiger partial charge in [-0.1, -0.05) is 60.7 Å². The molecule has 166 valence electrons. The molecule has 0 spiro atoms. The summed E-state index contributed by atoms with van der Waals surface area (Å²) < 4.78 is 5.29. The highest BCUT2D eigenvalue weighted by atomic mass is 16.5. The molecule has 0 unspecified atom stereocenters. The Morgan fingerprint density at radius 1 is 0.879 bits per heavy atom. The SMILES string of the molecule is COc1ccc(N2C(=O)[C@@H](c3ccccc3)[C@H]2[C@H]2CC(=O)C=CN2Cc2ccccc2)cc1. The molecule has 1 amide bonds. The second kappa shape index (κ2) is 8.94. The minimum Gasteiger partial charge on any atom is -0.497 e. The van der Waals surface area contributed by atoms with Gasteiger partial charge in [-0.05, 0) is 41.5 Å². The Morgan fingerprint density at radius 3 is 2.21 bits per heavy atom. The average Bonchev–Trinajstić information content (AvgIpc) is 2.85. The molecule has 3 atom stereocenters. The second-order valence-corrected chi connectivity index (χ2v) is 8.50. The van der Waals surface area contributed by atoms with Crippen molar-refractivity contribution in [2.24, 2.45) is 0 Å². The van der Waals surface area contributed by atoms with Crippen LogP contribution in [0.5, 0.6) is 5.75 Å². The summed E-state index contributed by atoms with van der Waals surface area (Å²) in [4.78, 5) is 30.1. The van der Waals surface area contributed by atoms with Crippen LogP contribution in [0, 0.1) is 0 Å². The van der Waals surface area contributed by atoms with Crippen LogP contribution in [0.1, 0.15) is 23.5 Å². The van der Waals surface area contributed by atoms with Crippen molar-refractivity contribution in [2.45, 2.75) is 31.0 Å². The molecule has 0 aliphatic carbocycles. The molecule has 1 fully saturated rings. The zero-order valence-electron chi connectivity index (χ0n) is 18.5. The van der Waals surface area contributed by atoms with Crippen LogP contribution < -0.4 is 9.64 Å². The summed E-state index contributed by atoms with van der Waals surface area (Å²) in [7, 11) is 1.62. The number of allylic oxidation sites excluding steroid dienone is 1. The van der Waals surface area contributed by atoms with Gasteiger partial charge in [0.25, 0.3) is 0 Å². The predicted molar refractivity (Wildman–Crippen MR) is 128 cm³/mol. The van der Waals surface area contributed by atoms with Crippen LogP contribution in [-0.4, -0.2) is 35.8 Å². The summed E-state index contributed by atoms with van der Waals surface area (Å²) in [6.07, 6.45) is 3.91. The van der Waals surface area contributed by atoms with E-state index in [1.54, 1.807) is 13.2 Å². The van der Waals surface area contributed by atoms with Crippen molar-refractivity contribution in [2.75, 3.05) is 12.0 Å². The fourth-order valence-electron chi connectivity index (χ4n) is 4.91. The van der Waals surface area contributed by atoms with Crippen molar-refractivity contribution >= 4 is 17.4 Å². The fraction of sp³-hybridized carbons (Fsp3) is 0.214. The second-order valence-electron chi connectivity index (χ2n) is 8.50. The minimum absolute atomic E-state index is 0.0537. The van der Waals surface area contributed by atoms with Crippen molar-refractivity contribution in [1.29, 1.82) is 0 Å². The smallest absolute Gasteiger partial charge is 0.237 e. The Labute approximate surface area is 193 Å². The molecule has 0 saturated carbocycles. The number of anilines is 1. The third kappa shape index (κ3) is 4.02. The zero-order chi connectivity index (χ0) is 22.8. The molecule has 3 aromatic rings. The van der Waals surface area contributed by atoms with E-state index in [1.165, 1.54) is 5.56 Å². The van der Waals surface area contributed by atoms with Gasteiger partial charge in [0, 0.05) is 24.9 Å².